The Morgan fingerprint density at radius 3 is 2.00 bits per heavy atom. The van der Waals surface area contributed by atoms with E-state index in [-0.39, 0.29) is 6.03 Å². The number of hydrogen-bond acceptors (Lipinski definition) is 3. The summed E-state index contributed by atoms with van der Waals surface area (Å²) in [6.45, 7) is 11.4. The normalized spacial score (nSPS) is 13.4. The maximum atomic E-state index is 12.4. The summed E-state index contributed by atoms with van der Waals surface area (Å²) >= 11 is 0. The Kier molecular flexibility index (Phi) is 7.71. The maximum Gasteiger partial charge on any atom is 0.326 e. The molecule has 0 saturated heterocycles. The molecule has 0 spiro atoms. The van der Waals surface area contributed by atoms with E-state index >= 15 is 0 Å². The van der Waals surface area contributed by atoms with Gasteiger partial charge in [0.2, 0.25) is 0 Å². The van der Waals surface area contributed by atoms with Crippen molar-refractivity contribution in [2.75, 3.05) is 33.7 Å². The monoisotopic (exact) mass is 301 g/mol. The van der Waals surface area contributed by atoms with Gasteiger partial charge < -0.3 is 20.2 Å². The highest BCUT2D eigenvalue weighted by Crippen LogP contribution is 2.19. The van der Waals surface area contributed by atoms with Gasteiger partial charge >= 0.3 is 12.0 Å². The van der Waals surface area contributed by atoms with Gasteiger partial charge in [-0.1, -0.05) is 34.6 Å². The molecule has 0 aromatic heterocycles. The zero-order valence-corrected chi connectivity index (χ0v) is 14.4. The van der Waals surface area contributed by atoms with Crippen molar-refractivity contribution in [1.29, 1.82) is 0 Å². The predicted octanol–water partition coefficient (Wildman–Crippen LogP) is 1.71. The summed E-state index contributed by atoms with van der Waals surface area (Å²) in [5.74, 6) is -0.677. The van der Waals surface area contributed by atoms with Crippen molar-refractivity contribution in [2.24, 2.45) is 11.3 Å². The first-order valence-corrected chi connectivity index (χ1v) is 7.38. The summed E-state index contributed by atoms with van der Waals surface area (Å²) in [6.07, 6.45) is 0. The molecule has 1 unspecified atom stereocenters. The number of likely N-dealkylation sites (N-methyl/N-ethyl adjacent to an activating group) is 1. The van der Waals surface area contributed by atoms with Crippen LogP contribution in [0, 0.1) is 11.3 Å². The van der Waals surface area contributed by atoms with Crippen LogP contribution in [0.1, 0.15) is 34.6 Å². The number of aliphatic carboxylic acids is 1. The van der Waals surface area contributed by atoms with Gasteiger partial charge in [-0.3, -0.25) is 0 Å². The third-order valence-electron chi connectivity index (χ3n) is 3.07. The second-order valence-corrected chi connectivity index (χ2v) is 7.23. The molecule has 0 fully saturated rings. The van der Waals surface area contributed by atoms with Crippen LogP contribution in [0.4, 0.5) is 4.79 Å². The highest BCUT2D eigenvalue weighted by molar-refractivity contribution is 5.83. The quantitative estimate of drug-likeness (QED) is 0.751. The molecule has 0 radical (unpaired) electrons. The van der Waals surface area contributed by atoms with E-state index < -0.39 is 17.4 Å². The third kappa shape index (κ3) is 7.90. The molecule has 0 rings (SSSR count). The zero-order chi connectivity index (χ0) is 16.8. The molecule has 0 bridgehead atoms. The molecule has 0 aliphatic heterocycles. The molecule has 124 valence electrons. The number of nitrogens with one attached hydrogen (secondary N) is 1. The van der Waals surface area contributed by atoms with Crippen LogP contribution in [-0.4, -0.2) is 66.7 Å². The molecule has 0 aromatic carbocycles. The molecule has 0 aromatic rings. The van der Waals surface area contributed by atoms with Crippen LogP contribution in [-0.2, 0) is 4.79 Å². The Hall–Kier alpha value is -1.30. The Bertz CT molecular complexity index is 349. The van der Waals surface area contributed by atoms with Crippen LogP contribution < -0.4 is 5.32 Å². The SMILES string of the molecule is CC(C)CN(CCN(C)C)C(=O)NC(C(=O)O)C(C)(C)C. The van der Waals surface area contributed by atoms with E-state index in [4.69, 9.17) is 0 Å². The number of nitrogens with zero attached hydrogens (tertiary/aromatic N) is 2. The average molecular weight is 301 g/mol. The second-order valence-electron chi connectivity index (χ2n) is 7.23. The zero-order valence-electron chi connectivity index (χ0n) is 14.4. The number of rotatable bonds is 7. The number of urea groups is 1. The van der Waals surface area contributed by atoms with Gasteiger partial charge in [0.1, 0.15) is 6.04 Å². The Morgan fingerprint density at radius 2 is 1.67 bits per heavy atom. The van der Waals surface area contributed by atoms with E-state index in [2.05, 4.69) is 5.32 Å². The van der Waals surface area contributed by atoms with E-state index in [1.54, 1.807) is 25.7 Å². The van der Waals surface area contributed by atoms with Gasteiger partial charge in [0.25, 0.3) is 0 Å². The highest BCUT2D eigenvalue weighted by atomic mass is 16.4. The number of carboxylic acids is 1. The lowest BCUT2D eigenvalue weighted by Gasteiger charge is -2.32. The van der Waals surface area contributed by atoms with E-state index in [0.29, 0.717) is 19.0 Å². The standard InChI is InChI=1S/C15H31N3O3/c1-11(2)10-18(9-8-17(6)7)14(21)16-12(13(19)20)15(3,4)5/h11-12H,8-10H2,1-7H3,(H,16,21)(H,19,20). The summed E-state index contributed by atoms with van der Waals surface area (Å²) in [5, 5.41) is 12.0. The van der Waals surface area contributed by atoms with Gasteiger partial charge in [0, 0.05) is 19.6 Å². The molecular weight excluding hydrogens is 270 g/mol. The van der Waals surface area contributed by atoms with Gasteiger partial charge in [0.05, 0.1) is 0 Å². The lowest BCUT2D eigenvalue weighted by molar-refractivity contribution is -0.142. The number of carbonyl (C=O) groups is 2. The van der Waals surface area contributed by atoms with Crippen LogP contribution in [0.15, 0.2) is 0 Å². The Labute approximate surface area is 128 Å². The molecule has 0 heterocycles. The first-order valence-electron chi connectivity index (χ1n) is 7.38. The fourth-order valence-corrected chi connectivity index (χ4v) is 1.90. The van der Waals surface area contributed by atoms with Crippen LogP contribution in [0.5, 0.6) is 0 Å². The lowest BCUT2D eigenvalue weighted by atomic mass is 9.87. The number of carbonyl (C=O) groups excluding carboxylic acids is 1. The van der Waals surface area contributed by atoms with Gasteiger partial charge in [-0.25, -0.2) is 9.59 Å². The average Bonchev–Trinajstić information content (AvgIpc) is 2.28. The minimum absolute atomic E-state index is 0.312. The molecular formula is C15H31N3O3. The third-order valence-corrected chi connectivity index (χ3v) is 3.07. The van der Waals surface area contributed by atoms with E-state index in [9.17, 15) is 14.7 Å². The first kappa shape index (κ1) is 19.7. The molecule has 2 N–H and O–H groups in total. The van der Waals surface area contributed by atoms with Crippen LogP contribution in [0.25, 0.3) is 0 Å². The molecule has 0 aliphatic rings. The van der Waals surface area contributed by atoms with Crippen LogP contribution in [0.3, 0.4) is 0 Å². The van der Waals surface area contributed by atoms with Gasteiger partial charge in [-0.15, -0.1) is 0 Å². The molecule has 6 nitrogen and oxygen atoms in total. The minimum atomic E-state index is -1.01. The van der Waals surface area contributed by atoms with Crippen LogP contribution in [0.2, 0.25) is 0 Å². The highest BCUT2D eigenvalue weighted by Gasteiger charge is 2.33. The fraction of sp³-hybridized carbons (Fsp3) is 0.867. The topological polar surface area (TPSA) is 72.9 Å². The van der Waals surface area contributed by atoms with E-state index in [0.717, 1.165) is 6.54 Å². The number of amides is 2. The van der Waals surface area contributed by atoms with Crippen molar-refractivity contribution in [3.8, 4) is 0 Å². The molecule has 0 saturated carbocycles. The molecule has 2 amide bonds. The Morgan fingerprint density at radius 1 is 1.14 bits per heavy atom. The number of carboxylic acid groups (broad SMARTS) is 1. The minimum Gasteiger partial charge on any atom is -0.480 e. The van der Waals surface area contributed by atoms with Crippen molar-refractivity contribution in [3.05, 3.63) is 0 Å². The summed E-state index contributed by atoms with van der Waals surface area (Å²) in [5.41, 5.74) is -0.535. The maximum absolute atomic E-state index is 12.4. The van der Waals surface area contributed by atoms with Crippen molar-refractivity contribution in [1.82, 2.24) is 15.1 Å². The lowest BCUT2D eigenvalue weighted by Crippen LogP contribution is -2.54. The molecule has 21 heavy (non-hydrogen) atoms. The molecule has 0 aliphatic carbocycles. The summed E-state index contributed by atoms with van der Waals surface area (Å²) < 4.78 is 0. The molecule has 1 atom stereocenters. The van der Waals surface area contributed by atoms with Crippen molar-refractivity contribution < 1.29 is 14.7 Å². The predicted molar refractivity (Wildman–Crippen MR) is 84.4 cm³/mol. The summed E-state index contributed by atoms with van der Waals surface area (Å²) in [4.78, 5) is 27.4. The van der Waals surface area contributed by atoms with E-state index in [1.165, 1.54) is 0 Å². The summed E-state index contributed by atoms with van der Waals surface area (Å²) in [6, 6.07) is -1.22. The number of hydrogen-bond donors (Lipinski definition) is 2. The van der Waals surface area contributed by atoms with Crippen molar-refractivity contribution in [3.63, 3.8) is 0 Å². The van der Waals surface area contributed by atoms with Gasteiger partial charge in [0.15, 0.2) is 0 Å². The van der Waals surface area contributed by atoms with Crippen molar-refractivity contribution >= 4 is 12.0 Å². The van der Waals surface area contributed by atoms with E-state index in [1.807, 2.05) is 32.8 Å². The smallest absolute Gasteiger partial charge is 0.326 e. The van der Waals surface area contributed by atoms with Gasteiger partial charge in [-0.05, 0) is 25.4 Å². The van der Waals surface area contributed by atoms with Gasteiger partial charge in [-0.2, -0.15) is 0 Å². The second kappa shape index (κ2) is 8.22. The van der Waals surface area contributed by atoms with Crippen LogP contribution >= 0.6 is 0 Å². The molecule has 6 heteroatoms. The largest absolute Gasteiger partial charge is 0.480 e. The first-order chi connectivity index (χ1) is 9.45. The Balaban J connectivity index is 4.89. The summed E-state index contributed by atoms with van der Waals surface area (Å²) in [7, 11) is 3.89. The van der Waals surface area contributed by atoms with Crippen molar-refractivity contribution in [2.45, 2.75) is 40.7 Å². The fourth-order valence-electron chi connectivity index (χ4n) is 1.90.